The summed E-state index contributed by atoms with van der Waals surface area (Å²) in [6.07, 6.45) is 2.12. The highest BCUT2D eigenvalue weighted by atomic mass is 32.1. The van der Waals surface area contributed by atoms with Crippen LogP contribution >= 0.6 is 12.2 Å². The first kappa shape index (κ1) is 16.4. The SMILES string of the molecule is CCN(CC)C(=O)CCNc1nccc(C)c1C(N)=S. The number of amides is 1. The van der Waals surface area contributed by atoms with Gasteiger partial charge in [0.15, 0.2) is 0 Å². The van der Waals surface area contributed by atoms with Crippen LogP contribution in [0.15, 0.2) is 12.3 Å². The highest BCUT2D eigenvalue weighted by Gasteiger charge is 2.12. The number of hydrogen-bond donors (Lipinski definition) is 2. The van der Waals surface area contributed by atoms with E-state index in [2.05, 4.69) is 10.3 Å². The predicted octanol–water partition coefficient (Wildman–Crippen LogP) is 1.69. The van der Waals surface area contributed by atoms with Crippen molar-refractivity contribution in [2.45, 2.75) is 27.2 Å². The number of nitrogens with one attached hydrogen (secondary N) is 1. The van der Waals surface area contributed by atoms with Crippen LogP contribution in [0.3, 0.4) is 0 Å². The fourth-order valence-corrected chi connectivity index (χ4v) is 2.28. The number of aromatic nitrogens is 1. The minimum atomic E-state index is 0.132. The molecule has 0 aliphatic carbocycles. The second-order valence-electron chi connectivity index (χ2n) is 4.46. The minimum absolute atomic E-state index is 0.132. The number of pyridine rings is 1. The van der Waals surface area contributed by atoms with E-state index in [1.807, 2.05) is 26.8 Å². The molecule has 0 fully saturated rings. The van der Waals surface area contributed by atoms with Gasteiger partial charge in [0.2, 0.25) is 5.91 Å². The molecule has 0 bridgehead atoms. The van der Waals surface area contributed by atoms with Crippen molar-refractivity contribution in [2.24, 2.45) is 5.73 Å². The quantitative estimate of drug-likeness (QED) is 0.749. The van der Waals surface area contributed by atoms with Gasteiger partial charge in [-0.2, -0.15) is 0 Å². The number of anilines is 1. The van der Waals surface area contributed by atoms with Gasteiger partial charge in [-0.25, -0.2) is 4.98 Å². The van der Waals surface area contributed by atoms with Crippen molar-refractivity contribution in [1.82, 2.24) is 9.88 Å². The normalized spacial score (nSPS) is 10.2. The third kappa shape index (κ3) is 4.16. The molecule has 0 aliphatic rings. The molecule has 0 aromatic carbocycles. The molecule has 6 heteroatoms. The van der Waals surface area contributed by atoms with Gasteiger partial charge in [0.25, 0.3) is 0 Å². The maximum Gasteiger partial charge on any atom is 0.224 e. The maximum atomic E-state index is 11.9. The number of nitrogens with zero attached hydrogens (tertiary/aromatic N) is 2. The van der Waals surface area contributed by atoms with Crippen LogP contribution < -0.4 is 11.1 Å². The van der Waals surface area contributed by atoms with Crippen LogP contribution in [0.5, 0.6) is 0 Å². The van der Waals surface area contributed by atoms with Crippen LogP contribution in [0.2, 0.25) is 0 Å². The Morgan fingerprint density at radius 3 is 2.65 bits per heavy atom. The molecule has 0 atom stereocenters. The Bertz CT molecular complexity index is 486. The largest absolute Gasteiger partial charge is 0.389 e. The van der Waals surface area contributed by atoms with E-state index in [0.29, 0.717) is 23.8 Å². The lowest BCUT2D eigenvalue weighted by molar-refractivity contribution is -0.130. The van der Waals surface area contributed by atoms with E-state index in [1.54, 1.807) is 11.1 Å². The number of thiocarbonyl (C=S) groups is 1. The molecular weight excluding hydrogens is 272 g/mol. The molecule has 5 nitrogen and oxygen atoms in total. The Balaban J connectivity index is 2.65. The number of rotatable bonds is 7. The fourth-order valence-electron chi connectivity index (χ4n) is 2.03. The van der Waals surface area contributed by atoms with Crippen molar-refractivity contribution in [1.29, 1.82) is 0 Å². The predicted molar refractivity (Wildman–Crippen MR) is 85.9 cm³/mol. The Kier molecular flexibility index (Phi) is 6.38. The van der Waals surface area contributed by atoms with Crippen molar-refractivity contribution in [3.05, 3.63) is 23.4 Å². The second-order valence-corrected chi connectivity index (χ2v) is 4.90. The maximum absolute atomic E-state index is 11.9. The van der Waals surface area contributed by atoms with E-state index in [-0.39, 0.29) is 5.91 Å². The van der Waals surface area contributed by atoms with Crippen molar-refractivity contribution in [3.8, 4) is 0 Å². The first-order valence-corrected chi connectivity index (χ1v) is 7.19. The zero-order chi connectivity index (χ0) is 15.1. The first-order chi connectivity index (χ1) is 9.51. The molecule has 0 radical (unpaired) electrons. The van der Waals surface area contributed by atoms with Crippen molar-refractivity contribution >= 4 is 28.9 Å². The summed E-state index contributed by atoms with van der Waals surface area (Å²) in [5, 5.41) is 3.14. The summed E-state index contributed by atoms with van der Waals surface area (Å²) in [5.41, 5.74) is 7.44. The van der Waals surface area contributed by atoms with Gasteiger partial charge >= 0.3 is 0 Å². The molecule has 20 heavy (non-hydrogen) atoms. The Labute approximate surface area is 125 Å². The van der Waals surface area contributed by atoms with Gasteiger partial charge in [0.05, 0.1) is 5.56 Å². The molecular formula is C14H22N4OS. The van der Waals surface area contributed by atoms with E-state index >= 15 is 0 Å². The number of carbonyl (C=O) groups excluding carboxylic acids is 1. The average Bonchev–Trinajstić information content (AvgIpc) is 2.39. The summed E-state index contributed by atoms with van der Waals surface area (Å²) in [4.78, 5) is 18.3. The van der Waals surface area contributed by atoms with E-state index in [9.17, 15) is 4.79 Å². The molecule has 1 amide bonds. The van der Waals surface area contributed by atoms with Crippen molar-refractivity contribution in [3.63, 3.8) is 0 Å². The highest BCUT2D eigenvalue weighted by Crippen LogP contribution is 2.16. The molecule has 110 valence electrons. The zero-order valence-electron chi connectivity index (χ0n) is 12.3. The number of carbonyl (C=O) groups is 1. The van der Waals surface area contributed by atoms with Gasteiger partial charge in [0, 0.05) is 32.3 Å². The number of aryl methyl sites for hydroxylation is 1. The Hall–Kier alpha value is -1.69. The standard InChI is InChI=1S/C14H22N4OS/c1-4-18(5-2)11(19)7-9-17-14-12(13(15)20)10(3)6-8-16-14/h6,8H,4-5,7,9H2,1-3H3,(H2,15,20)(H,16,17). The van der Waals surface area contributed by atoms with Gasteiger partial charge < -0.3 is 16.0 Å². The van der Waals surface area contributed by atoms with Crippen LogP contribution in [-0.2, 0) is 4.79 Å². The lowest BCUT2D eigenvalue weighted by Crippen LogP contribution is -2.31. The second kappa shape index (κ2) is 7.79. The van der Waals surface area contributed by atoms with Crippen LogP contribution in [0, 0.1) is 6.92 Å². The number of hydrogen-bond acceptors (Lipinski definition) is 4. The summed E-state index contributed by atoms with van der Waals surface area (Å²) in [7, 11) is 0. The number of nitrogens with two attached hydrogens (primary N) is 1. The van der Waals surface area contributed by atoms with Gasteiger partial charge in [-0.15, -0.1) is 0 Å². The van der Waals surface area contributed by atoms with Crippen LogP contribution in [0.4, 0.5) is 5.82 Å². The first-order valence-electron chi connectivity index (χ1n) is 6.78. The van der Waals surface area contributed by atoms with E-state index in [1.165, 1.54) is 0 Å². The molecule has 0 spiro atoms. The average molecular weight is 294 g/mol. The van der Waals surface area contributed by atoms with Gasteiger partial charge in [0.1, 0.15) is 10.8 Å². The van der Waals surface area contributed by atoms with Gasteiger partial charge in [-0.1, -0.05) is 12.2 Å². The summed E-state index contributed by atoms with van der Waals surface area (Å²) in [6, 6.07) is 1.86. The van der Waals surface area contributed by atoms with Crippen LogP contribution in [0.25, 0.3) is 0 Å². The molecule has 1 rings (SSSR count). The van der Waals surface area contributed by atoms with E-state index in [4.69, 9.17) is 18.0 Å². The fraction of sp³-hybridized carbons (Fsp3) is 0.500. The summed E-state index contributed by atoms with van der Waals surface area (Å²) in [5.74, 6) is 0.775. The molecule has 0 saturated heterocycles. The van der Waals surface area contributed by atoms with E-state index in [0.717, 1.165) is 24.2 Å². The van der Waals surface area contributed by atoms with Crippen molar-refractivity contribution in [2.75, 3.05) is 25.0 Å². The van der Waals surface area contributed by atoms with Crippen molar-refractivity contribution < 1.29 is 4.79 Å². The van der Waals surface area contributed by atoms with Crippen LogP contribution in [-0.4, -0.2) is 40.4 Å². The summed E-state index contributed by atoms with van der Waals surface area (Å²) in [6.45, 7) is 7.86. The van der Waals surface area contributed by atoms with Gasteiger partial charge in [-0.3, -0.25) is 4.79 Å². The molecule has 1 aromatic heterocycles. The Morgan fingerprint density at radius 1 is 1.45 bits per heavy atom. The molecule has 0 aliphatic heterocycles. The van der Waals surface area contributed by atoms with Crippen LogP contribution in [0.1, 0.15) is 31.4 Å². The molecule has 3 N–H and O–H groups in total. The third-order valence-corrected chi connectivity index (χ3v) is 3.36. The Morgan fingerprint density at radius 2 is 2.10 bits per heavy atom. The smallest absolute Gasteiger partial charge is 0.224 e. The monoisotopic (exact) mass is 294 g/mol. The van der Waals surface area contributed by atoms with E-state index < -0.39 is 0 Å². The molecule has 1 aromatic rings. The lowest BCUT2D eigenvalue weighted by atomic mass is 10.1. The topological polar surface area (TPSA) is 71.2 Å². The summed E-state index contributed by atoms with van der Waals surface area (Å²) < 4.78 is 0. The summed E-state index contributed by atoms with van der Waals surface area (Å²) >= 11 is 5.04. The third-order valence-electron chi connectivity index (χ3n) is 3.15. The highest BCUT2D eigenvalue weighted by molar-refractivity contribution is 7.80. The lowest BCUT2D eigenvalue weighted by Gasteiger charge is -2.19. The minimum Gasteiger partial charge on any atom is -0.389 e. The molecule has 0 unspecified atom stereocenters. The molecule has 0 saturated carbocycles. The molecule has 1 heterocycles. The zero-order valence-corrected chi connectivity index (χ0v) is 13.1. The van der Waals surface area contributed by atoms with Gasteiger partial charge in [-0.05, 0) is 32.4 Å².